The Labute approximate surface area is 376 Å². The van der Waals surface area contributed by atoms with Crippen molar-refractivity contribution in [3.8, 4) is 0 Å². The molecule has 4 aliphatic rings. The first-order valence-electron chi connectivity index (χ1n) is 24.4. The second-order valence-electron chi connectivity index (χ2n) is 22.3. The maximum atomic E-state index is 14.3. The van der Waals surface area contributed by atoms with Crippen LogP contribution in [0.25, 0.3) is 5.57 Å². The number of ether oxygens (including phenoxy) is 1. The van der Waals surface area contributed by atoms with E-state index in [0.29, 0.717) is 35.5 Å². The predicted molar refractivity (Wildman–Crippen MR) is 261 cm³/mol. The number of carbonyl (C=O) groups is 1. The zero-order valence-corrected chi connectivity index (χ0v) is 40.5. The molecule has 62 heavy (non-hydrogen) atoms. The van der Waals surface area contributed by atoms with Crippen molar-refractivity contribution in [2.45, 2.75) is 144 Å². The van der Waals surface area contributed by atoms with Gasteiger partial charge in [-0.05, 0) is 151 Å². The molecule has 3 nitrogen and oxygen atoms in total. The summed E-state index contributed by atoms with van der Waals surface area (Å²) in [6.45, 7) is 21.3. The monoisotopic (exact) mass is 849 g/mol. The topological polar surface area (TPSA) is 35.5 Å². The molecule has 0 spiro atoms. The van der Waals surface area contributed by atoms with E-state index in [9.17, 15) is 4.79 Å². The summed E-state index contributed by atoms with van der Waals surface area (Å²) in [6.07, 6.45) is 13.9. The van der Waals surface area contributed by atoms with E-state index in [4.69, 9.17) is 9.16 Å². The van der Waals surface area contributed by atoms with Gasteiger partial charge in [0.15, 0.2) is 0 Å². The zero-order chi connectivity index (χ0) is 43.9. The van der Waals surface area contributed by atoms with Gasteiger partial charge in [-0.25, -0.2) is 0 Å². The van der Waals surface area contributed by atoms with Crippen molar-refractivity contribution in [1.29, 1.82) is 0 Å². The molecule has 0 saturated heterocycles. The van der Waals surface area contributed by atoms with Crippen molar-refractivity contribution in [1.82, 2.24) is 0 Å². The fraction of sp³-hybridized carbons (Fsp3) is 0.534. The molecule has 4 heteroatoms. The molecule has 8 rings (SSSR count). The molecule has 0 amide bonds. The molecule has 0 N–H and O–H groups in total. The lowest BCUT2D eigenvalue weighted by Gasteiger charge is -2.63. The highest BCUT2D eigenvalue weighted by atomic mass is 28.4. The van der Waals surface area contributed by atoms with Crippen LogP contribution in [-0.4, -0.2) is 26.5 Å². The SMILES string of the molecule is CCC(C)(C)C(=O)O[C@H]1C[C@H]2[C@@H](CC[C@@H]3C[C@H](O[Si](c4ccccc4)(c4ccccc4)C(C)(C)C)CC[C@@]32C)[C@@H]2CC[C@H](C(C)CC=C(c3ccccc3)c3ccccc3)[C@@]12C. The van der Waals surface area contributed by atoms with Gasteiger partial charge in [0.25, 0.3) is 8.32 Å². The van der Waals surface area contributed by atoms with Gasteiger partial charge in [0, 0.05) is 11.5 Å². The molecule has 330 valence electrons. The molecule has 0 bridgehead atoms. The number of rotatable bonds is 12. The van der Waals surface area contributed by atoms with E-state index in [1.807, 2.05) is 0 Å². The summed E-state index contributed by atoms with van der Waals surface area (Å²) in [5.41, 5.74) is 3.50. The molecule has 4 fully saturated rings. The highest BCUT2D eigenvalue weighted by Crippen LogP contribution is 2.69. The van der Waals surface area contributed by atoms with Gasteiger partial charge in [0.05, 0.1) is 5.41 Å². The van der Waals surface area contributed by atoms with Crippen LogP contribution in [0.5, 0.6) is 0 Å². The van der Waals surface area contributed by atoms with Crippen molar-refractivity contribution in [3.05, 3.63) is 139 Å². The number of hydrogen-bond donors (Lipinski definition) is 0. The summed E-state index contributed by atoms with van der Waals surface area (Å²) in [5, 5.41) is 2.71. The second-order valence-corrected chi connectivity index (χ2v) is 26.6. The molecule has 4 aliphatic carbocycles. The molecule has 0 aliphatic heterocycles. The first-order valence-corrected chi connectivity index (χ1v) is 26.3. The molecule has 0 heterocycles. The Morgan fingerprint density at radius 3 is 1.81 bits per heavy atom. The minimum absolute atomic E-state index is 0.00279. The lowest BCUT2D eigenvalue weighted by atomic mass is 9.43. The number of carbonyl (C=O) groups excluding carboxylic acids is 1. The Balaban J connectivity index is 1.08. The van der Waals surface area contributed by atoms with E-state index in [2.05, 4.69) is 190 Å². The lowest BCUT2D eigenvalue weighted by molar-refractivity contribution is -0.203. The maximum absolute atomic E-state index is 14.3. The summed E-state index contributed by atoms with van der Waals surface area (Å²) < 4.78 is 14.9. The minimum atomic E-state index is -2.66. The van der Waals surface area contributed by atoms with E-state index in [-0.39, 0.29) is 34.0 Å². The first kappa shape index (κ1) is 44.9. The molecule has 0 radical (unpaired) electrons. The van der Waals surface area contributed by atoms with Crippen LogP contribution < -0.4 is 10.4 Å². The summed E-state index contributed by atoms with van der Waals surface area (Å²) in [6, 6.07) is 44.2. The predicted octanol–water partition coefficient (Wildman–Crippen LogP) is 13.7. The number of benzene rings is 4. The third kappa shape index (κ3) is 8.03. The molecular formula is C58H76O3Si. The second kappa shape index (κ2) is 17.7. The standard InChI is InChI=1S/C58H76O3Si/c1-10-56(6,7)54(59)60-53-40-52-49(51-36-35-50(58(51,53)9)41(2)31-33-48(42-23-15-11-16-24-42)43-25-17-12-18-26-43)34-32-44-39-45(37-38-57(44,52)8)61-62(55(3,4)5,46-27-19-13-20-28-46)47-29-21-14-22-30-47/h11-30,33,41,44-45,49-53H,10,31-32,34-40H2,1-9H3/t41?,44-,45-,49+,50-,51+,52+,53+,57+,58-/m1/s1. The van der Waals surface area contributed by atoms with E-state index in [0.717, 1.165) is 32.1 Å². The van der Waals surface area contributed by atoms with Crippen LogP contribution in [0.15, 0.2) is 127 Å². The van der Waals surface area contributed by atoms with Gasteiger partial charge in [-0.2, -0.15) is 0 Å². The normalized spacial score (nSPS) is 30.3. The smallest absolute Gasteiger partial charge is 0.311 e. The Morgan fingerprint density at radius 2 is 1.27 bits per heavy atom. The van der Waals surface area contributed by atoms with Gasteiger partial charge in [-0.3, -0.25) is 4.79 Å². The molecule has 4 saturated carbocycles. The van der Waals surface area contributed by atoms with Gasteiger partial charge in [-0.15, -0.1) is 0 Å². The Bertz CT molecular complexity index is 2060. The average molecular weight is 849 g/mol. The largest absolute Gasteiger partial charge is 0.461 e. The van der Waals surface area contributed by atoms with Crippen LogP contribution in [-0.2, 0) is 14.0 Å². The number of fused-ring (bicyclic) bond motifs is 5. The average Bonchev–Trinajstić information content (AvgIpc) is 3.65. The van der Waals surface area contributed by atoms with Crippen LogP contribution in [0, 0.1) is 51.8 Å². The Kier molecular flexibility index (Phi) is 12.8. The summed E-state index contributed by atoms with van der Waals surface area (Å²) >= 11 is 0. The van der Waals surface area contributed by atoms with E-state index >= 15 is 0 Å². The molecule has 0 aromatic heterocycles. The summed E-state index contributed by atoms with van der Waals surface area (Å²) in [4.78, 5) is 14.3. The zero-order valence-electron chi connectivity index (χ0n) is 39.5. The molecule has 1 unspecified atom stereocenters. The Hall–Kier alpha value is -3.73. The molecule has 4 aromatic carbocycles. The quantitative estimate of drug-likeness (QED) is 0.105. The summed E-state index contributed by atoms with van der Waals surface area (Å²) in [7, 11) is -2.66. The third-order valence-corrected chi connectivity index (χ3v) is 22.9. The van der Waals surface area contributed by atoms with Crippen molar-refractivity contribution in [2.24, 2.45) is 51.8 Å². The van der Waals surface area contributed by atoms with Gasteiger partial charge in [-0.1, -0.05) is 176 Å². The highest BCUT2D eigenvalue weighted by Gasteiger charge is 2.65. The summed E-state index contributed by atoms with van der Waals surface area (Å²) in [5.74, 6) is 3.33. The fourth-order valence-electron chi connectivity index (χ4n) is 13.9. The maximum Gasteiger partial charge on any atom is 0.311 e. The number of allylic oxidation sites excluding steroid dienone is 1. The van der Waals surface area contributed by atoms with E-state index in [1.54, 1.807) is 0 Å². The molecule has 4 aromatic rings. The van der Waals surface area contributed by atoms with Gasteiger partial charge < -0.3 is 9.16 Å². The van der Waals surface area contributed by atoms with Crippen LogP contribution in [0.1, 0.15) is 138 Å². The highest BCUT2D eigenvalue weighted by molar-refractivity contribution is 6.99. The molecular weight excluding hydrogens is 773 g/mol. The van der Waals surface area contributed by atoms with Gasteiger partial charge >= 0.3 is 5.97 Å². The van der Waals surface area contributed by atoms with Gasteiger partial charge in [0.2, 0.25) is 0 Å². The van der Waals surface area contributed by atoms with Crippen molar-refractivity contribution >= 4 is 30.2 Å². The minimum Gasteiger partial charge on any atom is -0.461 e. The van der Waals surface area contributed by atoms with E-state index < -0.39 is 13.7 Å². The van der Waals surface area contributed by atoms with E-state index in [1.165, 1.54) is 59.2 Å². The third-order valence-electron chi connectivity index (χ3n) is 17.8. The van der Waals surface area contributed by atoms with Crippen LogP contribution in [0.4, 0.5) is 0 Å². The van der Waals surface area contributed by atoms with Crippen LogP contribution >= 0.6 is 0 Å². The van der Waals surface area contributed by atoms with Crippen molar-refractivity contribution in [2.75, 3.05) is 0 Å². The molecule has 10 atom stereocenters. The fourth-order valence-corrected chi connectivity index (χ4v) is 18.6. The Morgan fingerprint density at radius 1 is 0.726 bits per heavy atom. The first-order chi connectivity index (χ1) is 29.6. The lowest BCUT2D eigenvalue weighted by Crippen LogP contribution is -2.68. The van der Waals surface area contributed by atoms with Crippen molar-refractivity contribution < 1.29 is 14.0 Å². The number of esters is 1. The number of hydrogen-bond acceptors (Lipinski definition) is 3. The van der Waals surface area contributed by atoms with Gasteiger partial charge in [0.1, 0.15) is 6.10 Å². The van der Waals surface area contributed by atoms with Crippen LogP contribution in [0.3, 0.4) is 0 Å². The van der Waals surface area contributed by atoms with Crippen molar-refractivity contribution in [3.63, 3.8) is 0 Å². The van der Waals surface area contributed by atoms with Crippen LogP contribution in [0.2, 0.25) is 5.04 Å².